The number of rotatable bonds is 22. The van der Waals surface area contributed by atoms with Crippen molar-refractivity contribution in [3.05, 3.63) is 125 Å². The number of hydrogen-bond donors (Lipinski definition) is 5. The van der Waals surface area contributed by atoms with Crippen LogP contribution in [-0.4, -0.2) is 123 Å². The summed E-state index contributed by atoms with van der Waals surface area (Å²) in [4.78, 5) is 38.2. The van der Waals surface area contributed by atoms with Crippen LogP contribution in [0.4, 0.5) is 11.4 Å². The zero-order chi connectivity index (χ0) is 52.3. The van der Waals surface area contributed by atoms with Crippen molar-refractivity contribution in [2.75, 3.05) is 43.6 Å². The molecule has 0 bridgehead atoms. The van der Waals surface area contributed by atoms with Gasteiger partial charge >= 0.3 is 0 Å². The number of benzene rings is 3. The van der Waals surface area contributed by atoms with Crippen LogP contribution in [0.5, 0.6) is 0 Å². The molecule has 3 aliphatic heterocycles. The van der Waals surface area contributed by atoms with Gasteiger partial charge in [-0.3, -0.25) is 37.5 Å². The number of aryl methyl sites for hydroxylation is 1. The van der Waals surface area contributed by atoms with Gasteiger partial charge in [0.25, 0.3) is 52.3 Å². The van der Waals surface area contributed by atoms with E-state index in [1.807, 2.05) is 45.9 Å². The fourth-order valence-electron chi connectivity index (χ4n) is 9.54. The number of carbonyl (C=O) groups excluding carboxylic acids is 3. The van der Waals surface area contributed by atoms with E-state index in [4.69, 9.17) is 0 Å². The van der Waals surface area contributed by atoms with Crippen LogP contribution in [0.2, 0.25) is 0 Å². The molecule has 5 N–H and O–H groups in total. The van der Waals surface area contributed by atoms with E-state index < -0.39 is 74.6 Å². The zero-order valence-corrected chi connectivity index (χ0v) is 42.7. The Labute approximate surface area is 414 Å². The Bertz CT molecular complexity index is 3240. The molecule has 19 nitrogen and oxygen atoms in total. The van der Waals surface area contributed by atoms with Crippen LogP contribution in [0, 0.1) is 0 Å². The summed E-state index contributed by atoms with van der Waals surface area (Å²) in [5, 5.41) is 2.73. The van der Waals surface area contributed by atoms with Crippen molar-refractivity contribution >= 4 is 80.9 Å². The quantitative estimate of drug-likeness (QED) is 0.0285. The van der Waals surface area contributed by atoms with Crippen LogP contribution in [0.3, 0.4) is 0 Å². The molecule has 3 aromatic carbocycles. The first-order chi connectivity index (χ1) is 33.0. The van der Waals surface area contributed by atoms with Gasteiger partial charge in [0.05, 0.1) is 26.7 Å². The van der Waals surface area contributed by atoms with Gasteiger partial charge in [-0.25, -0.2) is 0 Å². The first-order valence-corrected chi connectivity index (χ1v) is 28.6. The van der Waals surface area contributed by atoms with E-state index in [1.54, 1.807) is 40.1 Å². The topological polar surface area (TPSA) is 290 Å². The summed E-state index contributed by atoms with van der Waals surface area (Å²) in [6, 6.07) is 15.9. The molecular weight excluding hydrogens is 1000 g/mol. The molecule has 0 fully saturated rings. The molecule has 382 valence electrons. The van der Waals surface area contributed by atoms with Crippen molar-refractivity contribution < 1.29 is 70.8 Å². The van der Waals surface area contributed by atoms with Crippen LogP contribution in [0.25, 0.3) is 5.57 Å². The van der Waals surface area contributed by atoms with Gasteiger partial charge in [0.1, 0.15) is 7.05 Å². The Morgan fingerprint density at radius 2 is 1.30 bits per heavy atom. The van der Waals surface area contributed by atoms with Crippen LogP contribution >= 0.6 is 0 Å². The molecule has 3 heterocycles. The van der Waals surface area contributed by atoms with Crippen LogP contribution < -0.4 is 10.2 Å². The van der Waals surface area contributed by atoms with Gasteiger partial charge in [-0.15, -0.1) is 0 Å². The number of anilines is 1. The number of nitrogens with one attached hydrogen (secondary N) is 1. The SMILES string of the molecule is CN1/C(=C/C=C(/C=C/C2=[N+](C)c3ccc(S(=O)(=O)O)cc3C2(C)CCCS(=O)(=O)O)c2ccc(CCCCC(=O)NCCN3C(=O)C=CC3=O)cc2)C(C)(CCCS(=O)(=O)O)c2cc(S(=O)(=O)O)ccc21. The number of fused-ring (bicyclic) bond motifs is 2. The molecule has 3 amide bonds. The Morgan fingerprint density at radius 1 is 0.732 bits per heavy atom. The highest BCUT2D eigenvalue weighted by Crippen LogP contribution is 2.51. The smallest absolute Gasteiger partial charge is 0.294 e. The summed E-state index contributed by atoms with van der Waals surface area (Å²) in [6.07, 6.45) is 11.9. The number of hydrogen-bond acceptors (Lipinski definition) is 12. The lowest BCUT2D eigenvalue weighted by atomic mass is 9.75. The van der Waals surface area contributed by atoms with Gasteiger partial charge in [0.2, 0.25) is 11.6 Å². The third kappa shape index (κ3) is 13.1. The fourth-order valence-corrected chi connectivity index (χ4v) is 11.6. The minimum Gasteiger partial charge on any atom is -0.354 e. The summed E-state index contributed by atoms with van der Waals surface area (Å²) >= 11 is 0. The zero-order valence-electron chi connectivity index (χ0n) is 39.5. The van der Waals surface area contributed by atoms with Crippen LogP contribution in [0.1, 0.15) is 81.0 Å². The van der Waals surface area contributed by atoms with E-state index in [9.17, 15) is 66.3 Å². The maximum absolute atomic E-state index is 12.5. The molecule has 2 atom stereocenters. The van der Waals surface area contributed by atoms with Crippen LogP contribution in [0.15, 0.2) is 113 Å². The predicted octanol–water partition coefficient (Wildman–Crippen LogP) is 5.19. The van der Waals surface area contributed by atoms with Gasteiger partial charge < -0.3 is 10.2 Å². The molecule has 0 radical (unpaired) electrons. The van der Waals surface area contributed by atoms with Crippen LogP contribution in [-0.2, 0) is 72.1 Å². The monoisotopic (exact) mass is 1060 g/mol. The minimum atomic E-state index is -4.64. The van der Waals surface area contributed by atoms with E-state index in [2.05, 4.69) is 5.32 Å². The molecule has 2 unspecified atom stereocenters. The minimum absolute atomic E-state index is 0.0136. The summed E-state index contributed by atoms with van der Waals surface area (Å²) < 4.78 is 138. The number of allylic oxidation sites excluding steroid dienone is 6. The third-order valence-electron chi connectivity index (χ3n) is 13.3. The lowest BCUT2D eigenvalue weighted by Gasteiger charge is -2.29. The second-order valence-electron chi connectivity index (χ2n) is 18.2. The molecular formula is C48H57N4O15S4+. The maximum atomic E-state index is 12.5. The Kier molecular flexibility index (Phi) is 16.3. The second-order valence-corrected chi connectivity index (χ2v) is 24.2. The van der Waals surface area contributed by atoms with E-state index in [0.717, 1.165) is 10.5 Å². The van der Waals surface area contributed by atoms with Crippen molar-refractivity contribution in [2.45, 2.75) is 85.8 Å². The fraction of sp³-hybridized carbons (Fsp3) is 0.375. The highest BCUT2D eigenvalue weighted by atomic mass is 32.2. The molecule has 6 rings (SSSR count). The van der Waals surface area contributed by atoms with Gasteiger partial charge in [0.15, 0.2) is 5.71 Å². The van der Waals surface area contributed by atoms with Gasteiger partial charge in [-0.1, -0.05) is 30.3 Å². The van der Waals surface area contributed by atoms with E-state index in [-0.39, 0.29) is 60.9 Å². The van der Waals surface area contributed by atoms with Gasteiger partial charge in [-0.2, -0.15) is 38.2 Å². The first-order valence-electron chi connectivity index (χ1n) is 22.5. The average molecular weight is 1060 g/mol. The Balaban J connectivity index is 1.35. The Hall–Kier alpha value is -5.66. The van der Waals surface area contributed by atoms with Crippen molar-refractivity contribution in [3.63, 3.8) is 0 Å². The number of imide groups is 1. The molecule has 3 aromatic rings. The first kappa shape index (κ1) is 54.7. The third-order valence-corrected chi connectivity index (χ3v) is 16.6. The van der Waals surface area contributed by atoms with Crippen molar-refractivity contribution in [1.82, 2.24) is 10.2 Å². The lowest BCUT2D eigenvalue weighted by molar-refractivity contribution is -0.401. The molecule has 0 saturated heterocycles. The molecule has 0 aliphatic carbocycles. The summed E-state index contributed by atoms with van der Waals surface area (Å²) in [5.74, 6) is -2.19. The maximum Gasteiger partial charge on any atom is 0.294 e. The van der Waals surface area contributed by atoms with Crippen molar-refractivity contribution in [3.8, 4) is 0 Å². The number of nitrogens with zero attached hydrogens (tertiary/aromatic N) is 3. The average Bonchev–Trinajstić information content (AvgIpc) is 3.79. The highest BCUT2D eigenvalue weighted by Gasteiger charge is 2.47. The predicted molar refractivity (Wildman–Crippen MR) is 266 cm³/mol. The normalized spacial score (nSPS) is 20.2. The standard InChI is InChI=1S/C48H56N4O15S4/c1-47(25-7-29-68(56,57)58)38-31-36(70(62,63)64)17-19-40(38)50(3)42(47)21-15-35(34-13-11-33(12-14-34)9-5-6-10-44(53)49-27-28-52-45(54)23-24-46(52)55)16-22-43-48(2,26-8-30-69(59,60)61)39-32-37(71(65,66)67)18-20-41(39)51(43)4/h11-24,31-32H,5-10,25-30H2,1-4H3,(H4-,49,53,56,57,58,59,60,61,62,63,64,65,66,67)/p+1. The van der Waals surface area contributed by atoms with Gasteiger partial charge in [-0.05, 0) is 124 Å². The lowest BCUT2D eigenvalue weighted by Crippen LogP contribution is -2.38. The number of likely N-dealkylation sites (N-methyl/N-ethyl adjacent to an activating group) is 1. The molecule has 0 spiro atoms. The number of carbonyl (C=O) groups is 3. The highest BCUT2D eigenvalue weighted by molar-refractivity contribution is 7.86. The van der Waals surface area contributed by atoms with Crippen molar-refractivity contribution in [1.29, 1.82) is 0 Å². The summed E-state index contributed by atoms with van der Waals surface area (Å²) in [5.41, 5.74) is 3.57. The van der Waals surface area contributed by atoms with E-state index >= 15 is 0 Å². The van der Waals surface area contributed by atoms with E-state index in [1.165, 1.54) is 48.6 Å². The summed E-state index contributed by atoms with van der Waals surface area (Å²) in [7, 11) is -14.5. The molecule has 0 aromatic heterocycles. The molecule has 0 saturated carbocycles. The summed E-state index contributed by atoms with van der Waals surface area (Å²) in [6.45, 7) is 3.81. The van der Waals surface area contributed by atoms with Crippen molar-refractivity contribution in [2.24, 2.45) is 0 Å². The second kappa shape index (κ2) is 21.2. The Morgan fingerprint density at radius 3 is 1.87 bits per heavy atom. The largest absolute Gasteiger partial charge is 0.354 e. The number of amides is 3. The number of unbranched alkanes of at least 4 members (excludes halogenated alkanes) is 1. The molecule has 3 aliphatic rings. The molecule has 71 heavy (non-hydrogen) atoms. The van der Waals surface area contributed by atoms with Gasteiger partial charge in [0, 0.05) is 73.2 Å². The van der Waals surface area contributed by atoms with E-state index in [0.29, 0.717) is 64.3 Å². The molecule has 23 heteroatoms.